The molecule has 0 unspecified atom stereocenters. The monoisotopic (exact) mass is 562 g/mol. The summed E-state index contributed by atoms with van der Waals surface area (Å²) < 4.78 is 2.61. The maximum Gasteiger partial charge on any atom is 0.297 e. The van der Waals surface area contributed by atoms with Gasteiger partial charge >= 0.3 is 0 Å². The molecule has 4 aromatic heterocycles. The van der Waals surface area contributed by atoms with E-state index < -0.39 is 0 Å². The van der Waals surface area contributed by atoms with Crippen LogP contribution in [-0.2, 0) is 12.8 Å². The highest BCUT2D eigenvalue weighted by atomic mass is 32.1. The molecule has 0 bridgehead atoms. The lowest BCUT2D eigenvalue weighted by Crippen LogP contribution is -2.22. The van der Waals surface area contributed by atoms with Gasteiger partial charge in [0.15, 0.2) is 0 Å². The normalized spacial score (nSPS) is 11.4. The lowest BCUT2D eigenvalue weighted by molar-refractivity contribution is 0.809. The summed E-state index contributed by atoms with van der Waals surface area (Å²) in [5.74, 6) is 0. The fraction of sp³-hybridized carbons (Fsp3) is 0.0714. The molecule has 0 amide bonds. The summed E-state index contributed by atoms with van der Waals surface area (Å²) >= 11 is 2.55. The molecule has 10 nitrogen and oxygen atoms in total. The van der Waals surface area contributed by atoms with Gasteiger partial charge in [-0.3, -0.25) is 9.59 Å². The van der Waals surface area contributed by atoms with E-state index in [4.69, 9.17) is 0 Å². The van der Waals surface area contributed by atoms with Crippen LogP contribution in [0, 0.1) is 0 Å². The van der Waals surface area contributed by atoms with Crippen LogP contribution in [0.3, 0.4) is 0 Å². The average Bonchev–Trinajstić information content (AvgIpc) is 3.63. The SMILES string of the molecule is O=c1c(Cc2ccccc2)nnc2sc(-c3cccc(-c4nn5c(=O)c(Cc6ccccc6)nnc5s4)c3)nn12. The summed E-state index contributed by atoms with van der Waals surface area (Å²) in [6.07, 6.45) is 0.760. The Labute approximate surface area is 233 Å². The third-order valence-electron chi connectivity index (χ3n) is 6.30. The Hall–Kier alpha value is -4.94. The third kappa shape index (κ3) is 4.48. The maximum absolute atomic E-state index is 13.1. The van der Waals surface area contributed by atoms with Crippen molar-refractivity contribution in [2.45, 2.75) is 12.8 Å². The molecular formula is C28H18N8O2S2. The second-order valence-electron chi connectivity index (χ2n) is 9.01. The predicted molar refractivity (Wildman–Crippen MR) is 153 cm³/mol. The molecule has 4 heterocycles. The van der Waals surface area contributed by atoms with Crippen molar-refractivity contribution in [2.24, 2.45) is 0 Å². The molecule has 0 aliphatic rings. The molecule has 0 aliphatic carbocycles. The van der Waals surface area contributed by atoms with Crippen molar-refractivity contribution in [1.82, 2.24) is 39.6 Å². The summed E-state index contributed by atoms with van der Waals surface area (Å²) in [5.41, 5.74) is 3.63. The minimum absolute atomic E-state index is 0.289. The van der Waals surface area contributed by atoms with Gasteiger partial charge in [0.05, 0.1) is 0 Å². The summed E-state index contributed by atoms with van der Waals surface area (Å²) in [6, 6.07) is 26.9. The van der Waals surface area contributed by atoms with Gasteiger partial charge in [-0.2, -0.15) is 19.2 Å². The third-order valence-corrected chi connectivity index (χ3v) is 8.19. The van der Waals surface area contributed by atoms with Crippen LogP contribution in [0.2, 0.25) is 0 Å². The number of hydrogen-bond acceptors (Lipinski definition) is 10. The highest BCUT2D eigenvalue weighted by molar-refractivity contribution is 7.20. The fourth-order valence-electron chi connectivity index (χ4n) is 4.31. The number of nitrogens with zero attached hydrogens (tertiary/aromatic N) is 8. The Morgan fingerprint density at radius 2 is 1.00 bits per heavy atom. The Balaban J connectivity index is 1.22. The lowest BCUT2D eigenvalue weighted by Gasteiger charge is -2.00. The number of fused-ring (bicyclic) bond motifs is 2. The smallest absolute Gasteiger partial charge is 0.265 e. The summed E-state index contributed by atoms with van der Waals surface area (Å²) in [6.45, 7) is 0. The summed E-state index contributed by atoms with van der Waals surface area (Å²) in [5, 5.41) is 27.2. The van der Waals surface area contributed by atoms with Crippen molar-refractivity contribution in [3.63, 3.8) is 0 Å². The summed E-state index contributed by atoms with van der Waals surface area (Å²) in [7, 11) is 0. The standard InChI is InChI=1S/C28H18N8O2S2/c37-25-21(14-17-8-3-1-4-9-17)29-31-27-35(25)33-23(39-27)19-12-7-13-20(16-19)24-34-36-26(38)22(30-32-28(36)40-24)15-18-10-5-2-6-11-18/h1-13,16H,14-15H2. The molecule has 0 fully saturated rings. The average molecular weight is 563 g/mol. The van der Waals surface area contributed by atoms with Crippen molar-refractivity contribution in [3.8, 4) is 21.1 Å². The molecule has 3 aromatic carbocycles. The second-order valence-corrected chi connectivity index (χ2v) is 10.9. The van der Waals surface area contributed by atoms with Crippen LogP contribution in [0.5, 0.6) is 0 Å². The van der Waals surface area contributed by atoms with E-state index in [0.717, 1.165) is 22.3 Å². The highest BCUT2D eigenvalue weighted by Gasteiger charge is 2.17. The molecular weight excluding hydrogens is 544 g/mol. The van der Waals surface area contributed by atoms with E-state index in [2.05, 4.69) is 30.6 Å². The van der Waals surface area contributed by atoms with Gasteiger partial charge in [-0.25, -0.2) is 0 Å². The molecule has 12 heteroatoms. The highest BCUT2D eigenvalue weighted by Crippen LogP contribution is 2.30. The van der Waals surface area contributed by atoms with E-state index in [1.165, 1.54) is 31.7 Å². The molecule has 7 aromatic rings. The quantitative estimate of drug-likeness (QED) is 0.299. The van der Waals surface area contributed by atoms with Gasteiger partial charge in [-0.15, -0.1) is 20.4 Å². The van der Waals surface area contributed by atoms with Crippen molar-refractivity contribution in [3.05, 3.63) is 128 Å². The molecule has 0 aliphatic heterocycles. The molecule has 0 spiro atoms. The first-order chi connectivity index (χ1) is 19.6. The Morgan fingerprint density at radius 3 is 1.45 bits per heavy atom. The maximum atomic E-state index is 13.1. The van der Waals surface area contributed by atoms with E-state index in [-0.39, 0.29) is 11.1 Å². The summed E-state index contributed by atoms with van der Waals surface area (Å²) in [4.78, 5) is 27.0. The zero-order chi connectivity index (χ0) is 27.1. The van der Waals surface area contributed by atoms with E-state index >= 15 is 0 Å². The van der Waals surface area contributed by atoms with E-state index in [1.807, 2.05) is 84.9 Å². The number of hydrogen-bond donors (Lipinski definition) is 0. The van der Waals surface area contributed by atoms with E-state index in [1.54, 1.807) is 0 Å². The molecule has 0 N–H and O–H groups in total. The first-order valence-corrected chi connectivity index (χ1v) is 14.0. The molecule has 0 atom stereocenters. The Morgan fingerprint density at radius 1 is 0.550 bits per heavy atom. The van der Waals surface area contributed by atoms with Crippen molar-refractivity contribution in [2.75, 3.05) is 0 Å². The van der Waals surface area contributed by atoms with Gasteiger partial charge in [0.2, 0.25) is 9.92 Å². The molecule has 0 saturated carbocycles. The van der Waals surface area contributed by atoms with Crippen molar-refractivity contribution in [1.29, 1.82) is 0 Å². The number of benzene rings is 3. The number of aromatic nitrogens is 8. The van der Waals surface area contributed by atoms with E-state index in [0.29, 0.717) is 44.2 Å². The van der Waals surface area contributed by atoms with Gasteiger partial charge in [-0.1, -0.05) is 102 Å². The van der Waals surface area contributed by atoms with E-state index in [9.17, 15) is 9.59 Å². The van der Waals surface area contributed by atoms with Gasteiger partial charge in [0.25, 0.3) is 11.1 Å². The van der Waals surface area contributed by atoms with Gasteiger partial charge < -0.3 is 0 Å². The molecule has 7 rings (SSSR count). The Kier molecular flexibility index (Phi) is 6.02. The van der Waals surface area contributed by atoms with Crippen LogP contribution < -0.4 is 11.1 Å². The van der Waals surface area contributed by atoms with Gasteiger partial charge in [-0.05, 0) is 17.2 Å². The van der Waals surface area contributed by atoms with Crippen LogP contribution in [0.15, 0.2) is 94.5 Å². The second kappa shape index (κ2) is 9.98. The van der Waals surface area contributed by atoms with Crippen molar-refractivity contribution < 1.29 is 0 Å². The van der Waals surface area contributed by atoms with Gasteiger partial charge in [0, 0.05) is 24.0 Å². The van der Waals surface area contributed by atoms with Crippen LogP contribution in [-0.4, -0.2) is 39.6 Å². The minimum atomic E-state index is -0.289. The van der Waals surface area contributed by atoms with Crippen LogP contribution in [0.1, 0.15) is 22.5 Å². The van der Waals surface area contributed by atoms with Crippen LogP contribution in [0.25, 0.3) is 31.1 Å². The topological polar surface area (TPSA) is 120 Å². The molecule has 40 heavy (non-hydrogen) atoms. The van der Waals surface area contributed by atoms with Crippen molar-refractivity contribution >= 4 is 32.6 Å². The zero-order valence-corrected chi connectivity index (χ0v) is 22.3. The largest absolute Gasteiger partial charge is 0.297 e. The molecule has 0 radical (unpaired) electrons. The molecule has 0 saturated heterocycles. The molecule has 194 valence electrons. The predicted octanol–water partition coefficient (Wildman–Crippen LogP) is 3.92. The fourth-order valence-corrected chi connectivity index (χ4v) is 5.98. The number of rotatable bonds is 6. The Bertz CT molecular complexity index is 1970. The van der Waals surface area contributed by atoms with Crippen LogP contribution >= 0.6 is 22.7 Å². The minimum Gasteiger partial charge on any atom is -0.265 e. The first kappa shape index (κ1) is 24.1. The van der Waals surface area contributed by atoms with Crippen LogP contribution in [0.4, 0.5) is 0 Å². The first-order valence-electron chi connectivity index (χ1n) is 12.3. The van der Waals surface area contributed by atoms with Gasteiger partial charge in [0.1, 0.15) is 21.4 Å². The lowest BCUT2D eigenvalue weighted by atomic mass is 10.1. The zero-order valence-electron chi connectivity index (χ0n) is 20.7.